The summed E-state index contributed by atoms with van der Waals surface area (Å²) in [5.74, 6) is 0. The summed E-state index contributed by atoms with van der Waals surface area (Å²) < 4.78 is 1.66. The lowest BCUT2D eigenvalue weighted by molar-refractivity contribution is -0.122. The zero-order chi connectivity index (χ0) is 16.7. The van der Waals surface area contributed by atoms with E-state index < -0.39 is 0 Å². The third-order valence-electron chi connectivity index (χ3n) is 3.84. The first-order valence-electron chi connectivity index (χ1n) is 7.44. The van der Waals surface area contributed by atoms with E-state index in [0.29, 0.717) is 17.6 Å². The zero-order valence-electron chi connectivity index (χ0n) is 13.1. The number of aromatic nitrogens is 3. The molecule has 3 heterocycles. The van der Waals surface area contributed by atoms with Crippen LogP contribution in [0.2, 0.25) is 0 Å². The van der Waals surface area contributed by atoms with E-state index >= 15 is 0 Å². The largest absolute Gasteiger partial charge is 0.483 e. The number of rotatable bonds is 3. The zero-order valence-corrected chi connectivity index (χ0v) is 13.1. The lowest BCUT2D eigenvalue weighted by Gasteiger charge is -2.32. The topological polar surface area (TPSA) is 91.6 Å². The Morgan fingerprint density at radius 2 is 1.91 bits per heavy atom. The molecule has 124 valence electrons. The predicted octanol–water partition coefficient (Wildman–Crippen LogP) is -0.260. The number of hydrogen-bond acceptors (Lipinski definition) is 6. The maximum absolute atomic E-state index is 12.3. The number of nitrogens with zero attached hydrogens (tertiary/aromatic N) is 5. The molecule has 3 rings (SSSR count). The maximum Gasteiger partial charge on any atom is 0.290 e. The fourth-order valence-electron chi connectivity index (χ4n) is 2.47. The second-order valence-corrected chi connectivity index (χ2v) is 5.36. The smallest absolute Gasteiger partial charge is 0.290 e. The van der Waals surface area contributed by atoms with Crippen molar-refractivity contribution in [1.29, 1.82) is 0 Å². The van der Waals surface area contributed by atoms with Gasteiger partial charge in [0.2, 0.25) is 0 Å². The van der Waals surface area contributed by atoms with E-state index in [1.807, 2.05) is 6.07 Å². The third-order valence-corrected chi connectivity index (χ3v) is 3.84. The van der Waals surface area contributed by atoms with Gasteiger partial charge < -0.3 is 10.0 Å². The van der Waals surface area contributed by atoms with Gasteiger partial charge in [0.1, 0.15) is 0 Å². The van der Waals surface area contributed by atoms with Crippen LogP contribution in [-0.4, -0.2) is 75.7 Å². The Hall–Kier alpha value is -2.32. The maximum atomic E-state index is 12.3. The highest BCUT2D eigenvalue weighted by Crippen LogP contribution is 2.02. The van der Waals surface area contributed by atoms with Crippen molar-refractivity contribution in [2.75, 3.05) is 39.8 Å². The highest BCUT2D eigenvalue weighted by Gasteiger charge is 2.13. The van der Waals surface area contributed by atoms with Crippen molar-refractivity contribution in [1.82, 2.24) is 24.3 Å². The molecule has 1 aliphatic rings. The van der Waals surface area contributed by atoms with Crippen molar-refractivity contribution in [2.45, 2.75) is 6.54 Å². The molecule has 0 amide bonds. The number of likely N-dealkylation sites (N-methyl/N-ethyl adjacent to an activating group) is 1. The van der Waals surface area contributed by atoms with Crippen LogP contribution >= 0.6 is 0 Å². The lowest BCUT2D eigenvalue weighted by Crippen LogP contribution is -2.45. The fraction of sp³-hybridized carbons (Fsp3) is 0.467. The van der Waals surface area contributed by atoms with Crippen LogP contribution in [0.25, 0.3) is 11.0 Å². The first-order chi connectivity index (χ1) is 11.2. The Morgan fingerprint density at radius 1 is 1.22 bits per heavy atom. The van der Waals surface area contributed by atoms with Gasteiger partial charge >= 0.3 is 0 Å². The highest BCUT2D eigenvalue weighted by molar-refractivity contribution is 5.71. The first-order valence-corrected chi connectivity index (χ1v) is 7.44. The Balaban J connectivity index is 0.000000595. The monoisotopic (exact) mass is 319 g/mol. The predicted molar refractivity (Wildman–Crippen MR) is 86.4 cm³/mol. The molecule has 0 bridgehead atoms. The van der Waals surface area contributed by atoms with Crippen molar-refractivity contribution in [3.63, 3.8) is 0 Å². The molecule has 23 heavy (non-hydrogen) atoms. The molecular formula is C15H21N5O3. The Labute approximate surface area is 134 Å². The second-order valence-electron chi connectivity index (χ2n) is 5.36. The summed E-state index contributed by atoms with van der Waals surface area (Å²) in [6.45, 7) is 5.60. The molecule has 8 nitrogen and oxygen atoms in total. The minimum Gasteiger partial charge on any atom is -0.483 e. The van der Waals surface area contributed by atoms with Crippen LogP contribution in [0.3, 0.4) is 0 Å². The van der Waals surface area contributed by atoms with E-state index in [0.717, 1.165) is 32.7 Å². The standard InChI is InChI=1S/C14H19N5O.CH2O2/c1-17-5-7-18(8-6-17)9-10-19-11-16-12-3-2-4-15-13(12)14(19)20;2-1-3/h2-4,11H,5-10H2,1H3;1H,(H,2,3). The molecule has 2 aromatic heterocycles. The van der Waals surface area contributed by atoms with Crippen LogP contribution in [-0.2, 0) is 11.3 Å². The summed E-state index contributed by atoms with van der Waals surface area (Å²) in [5.41, 5.74) is 1.06. The van der Waals surface area contributed by atoms with Crippen LogP contribution < -0.4 is 5.56 Å². The van der Waals surface area contributed by atoms with Gasteiger partial charge in [0.05, 0.1) is 11.8 Å². The number of fused-ring (bicyclic) bond motifs is 1. The van der Waals surface area contributed by atoms with Gasteiger partial charge in [0, 0.05) is 45.5 Å². The van der Waals surface area contributed by atoms with E-state index in [2.05, 4.69) is 26.8 Å². The van der Waals surface area contributed by atoms with E-state index in [4.69, 9.17) is 9.90 Å². The molecule has 8 heteroatoms. The summed E-state index contributed by atoms with van der Waals surface area (Å²) >= 11 is 0. The fourth-order valence-corrected chi connectivity index (χ4v) is 2.47. The minimum atomic E-state index is -0.250. The molecule has 0 saturated carbocycles. The highest BCUT2D eigenvalue weighted by atomic mass is 16.3. The summed E-state index contributed by atoms with van der Waals surface area (Å²) in [6.07, 6.45) is 3.26. The lowest BCUT2D eigenvalue weighted by atomic mass is 10.3. The molecule has 0 radical (unpaired) electrons. The molecule has 1 saturated heterocycles. The van der Waals surface area contributed by atoms with Crippen molar-refractivity contribution in [2.24, 2.45) is 0 Å². The van der Waals surface area contributed by atoms with Gasteiger partial charge in [-0.25, -0.2) is 9.97 Å². The average molecular weight is 319 g/mol. The summed E-state index contributed by atoms with van der Waals surface area (Å²) in [5, 5.41) is 6.89. The van der Waals surface area contributed by atoms with E-state index in [1.54, 1.807) is 23.2 Å². The number of carboxylic acid groups (broad SMARTS) is 1. The van der Waals surface area contributed by atoms with Crippen LogP contribution in [0, 0.1) is 0 Å². The van der Waals surface area contributed by atoms with Gasteiger partial charge in [-0.05, 0) is 19.2 Å². The Kier molecular flexibility index (Phi) is 6.19. The van der Waals surface area contributed by atoms with Crippen LogP contribution in [0.15, 0.2) is 29.5 Å². The third kappa shape index (κ3) is 4.57. The van der Waals surface area contributed by atoms with E-state index in [9.17, 15) is 4.79 Å². The van der Waals surface area contributed by atoms with Crippen molar-refractivity contribution in [3.05, 3.63) is 35.0 Å². The van der Waals surface area contributed by atoms with Gasteiger partial charge in [0.25, 0.3) is 12.0 Å². The van der Waals surface area contributed by atoms with Crippen molar-refractivity contribution < 1.29 is 9.90 Å². The number of hydrogen-bond donors (Lipinski definition) is 1. The Bertz CT molecular complexity index is 695. The normalized spacial score (nSPS) is 15.9. The van der Waals surface area contributed by atoms with Crippen molar-refractivity contribution in [3.8, 4) is 0 Å². The van der Waals surface area contributed by atoms with E-state index in [-0.39, 0.29) is 12.0 Å². The summed E-state index contributed by atoms with van der Waals surface area (Å²) in [6, 6.07) is 3.61. The van der Waals surface area contributed by atoms with Gasteiger partial charge in [-0.15, -0.1) is 0 Å². The van der Waals surface area contributed by atoms with E-state index in [1.165, 1.54) is 0 Å². The SMILES string of the molecule is CN1CCN(CCn2cnc3cccnc3c2=O)CC1.O=CO. The molecule has 0 aromatic carbocycles. The second kappa shape index (κ2) is 8.35. The van der Waals surface area contributed by atoms with Gasteiger partial charge in [-0.1, -0.05) is 0 Å². The Morgan fingerprint density at radius 3 is 2.61 bits per heavy atom. The quantitative estimate of drug-likeness (QED) is 0.779. The first kappa shape index (κ1) is 17.0. The molecule has 1 aliphatic heterocycles. The molecule has 0 aliphatic carbocycles. The number of carbonyl (C=O) groups is 1. The minimum absolute atomic E-state index is 0.0512. The van der Waals surface area contributed by atoms with Crippen LogP contribution in [0.5, 0.6) is 0 Å². The van der Waals surface area contributed by atoms with Gasteiger partial charge in [-0.2, -0.15) is 0 Å². The van der Waals surface area contributed by atoms with Gasteiger partial charge in [-0.3, -0.25) is 19.1 Å². The van der Waals surface area contributed by atoms with Gasteiger partial charge in [0.15, 0.2) is 5.52 Å². The number of piperazine rings is 1. The molecule has 1 fully saturated rings. The summed E-state index contributed by atoms with van der Waals surface area (Å²) in [7, 11) is 2.14. The molecule has 1 N–H and O–H groups in total. The average Bonchev–Trinajstić information content (AvgIpc) is 2.57. The summed E-state index contributed by atoms with van der Waals surface area (Å²) in [4.78, 5) is 33.8. The molecule has 0 atom stereocenters. The molecule has 2 aromatic rings. The van der Waals surface area contributed by atoms with Crippen LogP contribution in [0.4, 0.5) is 0 Å². The van der Waals surface area contributed by atoms with Crippen molar-refractivity contribution >= 4 is 17.5 Å². The van der Waals surface area contributed by atoms with Crippen LogP contribution in [0.1, 0.15) is 0 Å². The molecular weight excluding hydrogens is 298 g/mol. The molecule has 0 spiro atoms. The molecule has 0 unspecified atom stereocenters. The number of pyridine rings is 1.